The van der Waals surface area contributed by atoms with Crippen LogP contribution < -0.4 is 0 Å². The fraction of sp³-hybridized carbons (Fsp3) is 0.188. The molecule has 2 N–H and O–H groups in total. The van der Waals surface area contributed by atoms with Crippen LogP contribution in [0.4, 0.5) is 0 Å². The van der Waals surface area contributed by atoms with Crippen molar-refractivity contribution in [3.63, 3.8) is 0 Å². The number of benzene rings is 2. The second-order valence-electron chi connectivity index (χ2n) is 5.17. The Bertz CT molecular complexity index is 587. The molecular formula is C16H15O2. The van der Waals surface area contributed by atoms with Crippen molar-refractivity contribution in [2.45, 2.75) is 18.8 Å². The van der Waals surface area contributed by atoms with Gasteiger partial charge in [0, 0.05) is 11.8 Å². The zero-order valence-corrected chi connectivity index (χ0v) is 10.2. The van der Waals surface area contributed by atoms with Crippen molar-refractivity contribution in [2.24, 2.45) is 0 Å². The van der Waals surface area contributed by atoms with Crippen molar-refractivity contribution in [2.75, 3.05) is 0 Å². The summed E-state index contributed by atoms with van der Waals surface area (Å²) in [5.41, 5.74) is 3.47. The van der Waals surface area contributed by atoms with E-state index in [1.54, 1.807) is 18.2 Å². The van der Waals surface area contributed by atoms with Gasteiger partial charge in [0.25, 0.3) is 0 Å². The van der Waals surface area contributed by atoms with Gasteiger partial charge in [-0.15, -0.1) is 0 Å². The van der Waals surface area contributed by atoms with Gasteiger partial charge in [-0.1, -0.05) is 25.1 Å². The number of rotatable bonds is 1. The summed E-state index contributed by atoms with van der Waals surface area (Å²) in [6, 6.07) is 12.9. The number of aromatic hydroxyl groups is 2. The zero-order valence-electron chi connectivity index (χ0n) is 10.2. The van der Waals surface area contributed by atoms with Crippen molar-refractivity contribution in [3.05, 3.63) is 65.6 Å². The topological polar surface area (TPSA) is 40.5 Å². The lowest BCUT2D eigenvalue weighted by Crippen LogP contribution is -2.20. The predicted molar refractivity (Wildman–Crippen MR) is 70.7 cm³/mol. The van der Waals surface area contributed by atoms with Crippen LogP contribution in [0.1, 0.15) is 23.6 Å². The Balaban J connectivity index is 1.98. The van der Waals surface area contributed by atoms with Gasteiger partial charge in [0.05, 0.1) is 0 Å². The monoisotopic (exact) mass is 239 g/mol. The molecule has 3 rings (SSSR count). The third kappa shape index (κ3) is 1.74. The number of fused-ring (bicyclic) bond motifs is 1. The molecule has 0 saturated heterocycles. The molecule has 2 aromatic carbocycles. The summed E-state index contributed by atoms with van der Waals surface area (Å²) in [4.78, 5) is 0. The highest BCUT2D eigenvalue weighted by Gasteiger charge is 2.34. The van der Waals surface area contributed by atoms with Crippen molar-refractivity contribution in [1.82, 2.24) is 0 Å². The van der Waals surface area contributed by atoms with Crippen molar-refractivity contribution >= 4 is 0 Å². The summed E-state index contributed by atoms with van der Waals surface area (Å²) in [5, 5.41) is 18.9. The first-order valence-corrected chi connectivity index (χ1v) is 6.04. The second-order valence-corrected chi connectivity index (χ2v) is 5.17. The molecule has 0 heterocycles. The lowest BCUT2D eigenvalue weighted by atomic mass is 9.80. The van der Waals surface area contributed by atoms with Crippen molar-refractivity contribution < 1.29 is 10.2 Å². The van der Waals surface area contributed by atoms with Gasteiger partial charge in [0.15, 0.2) is 0 Å². The van der Waals surface area contributed by atoms with Crippen LogP contribution in [0.2, 0.25) is 0 Å². The Hall–Kier alpha value is -1.96. The van der Waals surface area contributed by atoms with E-state index in [1.165, 1.54) is 16.7 Å². The fourth-order valence-electron chi connectivity index (χ4n) is 2.70. The van der Waals surface area contributed by atoms with Crippen LogP contribution in [-0.2, 0) is 11.8 Å². The van der Waals surface area contributed by atoms with Gasteiger partial charge in [-0.05, 0) is 47.4 Å². The normalized spacial score (nSPS) is 21.8. The van der Waals surface area contributed by atoms with E-state index in [0.717, 1.165) is 6.42 Å². The van der Waals surface area contributed by atoms with Gasteiger partial charge in [-0.25, -0.2) is 0 Å². The van der Waals surface area contributed by atoms with Crippen LogP contribution in [0.25, 0.3) is 0 Å². The molecule has 1 aliphatic carbocycles. The molecule has 0 saturated carbocycles. The van der Waals surface area contributed by atoms with E-state index >= 15 is 0 Å². The Morgan fingerprint density at radius 2 is 1.61 bits per heavy atom. The summed E-state index contributed by atoms with van der Waals surface area (Å²) in [5.74, 6) is 0.604. The van der Waals surface area contributed by atoms with Gasteiger partial charge in [0.2, 0.25) is 0 Å². The minimum atomic E-state index is -0.0656. The highest BCUT2D eigenvalue weighted by Crippen LogP contribution is 2.42. The largest absolute Gasteiger partial charge is 0.508 e. The number of phenols is 2. The highest BCUT2D eigenvalue weighted by molar-refractivity contribution is 5.51. The maximum Gasteiger partial charge on any atom is 0.115 e. The molecule has 0 aliphatic heterocycles. The molecule has 18 heavy (non-hydrogen) atoms. The minimum absolute atomic E-state index is 0.0656. The third-order valence-electron chi connectivity index (χ3n) is 3.69. The van der Waals surface area contributed by atoms with Crippen LogP contribution in [0.3, 0.4) is 0 Å². The van der Waals surface area contributed by atoms with E-state index in [1.807, 2.05) is 24.3 Å². The molecule has 0 bridgehead atoms. The Morgan fingerprint density at radius 3 is 2.33 bits per heavy atom. The van der Waals surface area contributed by atoms with Crippen molar-refractivity contribution in [3.8, 4) is 11.5 Å². The smallest absolute Gasteiger partial charge is 0.115 e. The van der Waals surface area contributed by atoms with Crippen LogP contribution in [-0.4, -0.2) is 10.2 Å². The first-order valence-electron chi connectivity index (χ1n) is 6.04. The average molecular weight is 239 g/mol. The molecule has 0 spiro atoms. The molecule has 0 aromatic heterocycles. The second kappa shape index (κ2) is 3.77. The molecule has 2 aromatic rings. The van der Waals surface area contributed by atoms with Gasteiger partial charge in [-0.3, -0.25) is 0 Å². The SMILES string of the molecule is CC1(c2ccc(O)cc2)[CH]c2ccc(O)cc2C1. The summed E-state index contributed by atoms with van der Waals surface area (Å²) in [7, 11) is 0. The number of phenolic OH excluding ortho intramolecular Hbond substituents is 2. The first-order chi connectivity index (χ1) is 8.57. The maximum absolute atomic E-state index is 9.53. The summed E-state index contributed by atoms with van der Waals surface area (Å²) >= 11 is 0. The van der Waals surface area contributed by atoms with E-state index in [0.29, 0.717) is 5.75 Å². The number of hydrogen-bond acceptors (Lipinski definition) is 2. The average Bonchev–Trinajstić information content (AvgIpc) is 2.66. The van der Waals surface area contributed by atoms with E-state index in [4.69, 9.17) is 0 Å². The van der Waals surface area contributed by atoms with Crippen LogP contribution >= 0.6 is 0 Å². The molecule has 1 radical (unpaired) electrons. The Kier molecular flexibility index (Phi) is 2.34. The molecule has 0 amide bonds. The van der Waals surface area contributed by atoms with E-state index in [-0.39, 0.29) is 11.2 Å². The van der Waals surface area contributed by atoms with Gasteiger partial charge in [0.1, 0.15) is 11.5 Å². The Morgan fingerprint density at radius 1 is 0.944 bits per heavy atom. The van der Waals surface area contributed by atoms with E-state index in [9.17, 15) is 10.2 Å². The van der Waals surface area contributed by atoms with Crippen LogP contribution in [0, 0.1) is 6.42 Å². The van der Waals surface area contributed by atoms with Crippen molar-refractivity contribution in [1.29, 1.82) is 0 Å². The van der Waals surface area contributed by atoms with Gasteiger partial charge >= 0.3 is 0 Å². The first kappa shape index (κ1) is 11.1. The molecule has 1 unspecified atom stereocenters. The molecule has 1 aliphatic rings. The molecule has 2 nitrogen and oxygen atoms in total. The maximum atomic E-state index is 9.53. The molecule has 2 heteroatoms. The zero-order chi connectivity index (χ0) is 12.8. The van der Waals surface area contributed by atoms with Crippen LogP contribution in [0.15, 0.2) is 42.5 Å². The fourth-order valence-corrected chi connectivity index (χ4v) is 2.70. The molecule has 0 fully saturated rings. The van der Waals surface area contributed by atoms with E-state index in [2.05, 4.69) is 13.3 Å². The quantitative estimate of drug-likeness (QED) is 0.802. The summed E-state index contributed by atoms with van der Waals surface area (Å²) in [6.07, 6.45) is 3.11. The lowest BCUT2D eigenvalue weighted by molar-refractivity contribution is 0.474. The Labute approximate surface area is 107 Å². The highest BCUT2D eigenvalue weighted by atomic mass is 16.3. The molecule has 91 valence electrons. The van der Waals surface area contributed by atoms with E-state index < -0.39 is 0 Å². The number of hydrogen-bond donors (Lipinski definition) is 2. The predicted octanol–water partition coefficient (Wildman–Crippen LogP) is 3.16. The lowest BCUT2D eigenvalue weighted by Gasteiger charge is -2.23. The van der Waals surface area contributed by atoms with Crippen LogP contribution in [0.5, 0.6) is 11.5 Å². The molecule has 1 atom stereocenters. The van der Waals surface area contributed by atoms with Gasteiger partial charge < -0.3 is 10.2 Å². The summed E-state index contributed by atoms with van der Waals surface area (Å²) in [6.45, 7) is 2.18. The van der Waals surface area contributed by atoms with Gasteiger partial charge in [-0.2, -0.15) is 0 Å². The third-order valence-corrected chi connectivity index (χ3v) is 3.69. The minimum Gasteiger partial charge on any atom is -0.508 e. The molecular weight excluding hydrogens is 224 g/mol. The summed E-state index contributed by atoms with van der Waals surface area (Å²) < 4.78 is 0. The standard InChI is InChI=1S/C16H15O2/c1-16(13-3-6-14(17)7-4-13)9-11-2-5-15(18)8-12(11)10-16/h2-9,17-18H,10H2,1H3.